The first-order valence-electron chi connectivity index (χ1n) is 11.5. The molecule has 1 aromatic heterocycles. The molecular weight excluding hydrogens is 364 g/mol. The third kappa shape index (κ3) is 4.36. The van der Waals surface area contributed by atoms with Crippen LogP contribution in [-0.4, -0.2) is 57.6 Å². The molecule has 1 spiro atoms. The Morgan fingerprint density at radius 1 is 1.03 bits per heavy atom. The van der Waals surface area contributed by atoms with Gasteiger partial charge >= 0.3 is 0 Å². The van der Waals surface area contributed by atoms with Gasteiger partial charge in [-0.2, -0.15) is 5.10 Å². The van der Waals surface area contributed by atoms with E-state index in [4.69, 9.17) is 0 Å². The maximum absolute atomic E-state index is 13.1. The van der Waals surface area contributed by atoms with Crippen LogP contribution in [-0.2, 0) is 16.1 Å². The quantitative estimate of drug-likeness (QED) is 0.762. The maximum atomic E-state index is 13.1. The summed E-state index contributed by atoms with van der Waals surface area (Å²) in [5, 5.41) is 4.47. The van der Waals surface area contributed by atoms with E-state index in [2.05, 4.69) is 10.00 Å². The largest absolute Gasteiger partial charge is 0.343 e. The number of aryl methyl sites for hydroxylation is 2. The fraction of sp³-hybridized carbons (Fsp3) is 0.783. The van der Waals surface area contributed by atoms with Crippen molar-refractivity contribution in [2.75, 3.05) is 26.2 Å². The topological polar surface area (TPSA) is 58.4 Å². The van der Waals surface area contributed by atoms with E-state index in [1.165, 1.54) is 32.1 Å². The van der Waals surface area contributed by atoms with Crippen molar-refractivity contribution >= 4 is 11.8 Å². The van der Waals surface area contributed by atoms with Crippen molar-refractivity contribution in [1.82, 2.24) is 19.6 Å². The Morgan fingerprint density at radius 2 is 1.76 bits per heavy atom. The number of amides is 2. The highest BCUT2D eigenvalue weighted by Crippen LogP contribution is 2.49. The van der Waals surface area contributed by atoms with Crippen LogP contribution in [0.2, 0.25) is 0 Å². The van der Waals surface area contributed by atoms with Crippen molar-refractivity contribution in [3.8, 4) is 0 Å². The Morgan fingerprint density at radius 3 is 2.41 bits per heavy atom. The molecule has 2 aliphatic heterocycles. The van der Waals surface area contributed by atoms with Gasteiger partial charge in [0.15, 0.2) is 0 Å². The summed E-state index contributed by atoms with van der Waals surface area (Å²) in [7, 11) is 0. The Balaban J connectivity index is 1.41. The summed E-state index contributed by atoms with van der Waals surface area (Å²) < 4.78 is 1.83. The predicted molar refractivity (Wildman–Crippen MR) is 112 cm³/mol. The molecule has 3 aliphatic rings. The molecule has 1 saturated carbocycles. The van der Waals surface area contributed by atoms with Gasteiger partial charge in [0.1, 0.15) is 6.54 Å². The normalized spacial score (nSPS) is 23.9. The van der Waals surface area contributed by atoms with Crippen LogP contribution in [0.5, 0.6) is 0 Å². The van der Waals surface area contributed by atoms with Gasteiger partial charge in [-0.25, -0.2) is 0 Å². The van der Waals surface area contributed by atoms with Crippen molar-refractivity contribution in [3.63, 3.8) is 0 Å². The van der Waals surface area contributed by atoms with Crippen LogP contribution in [0.25, 0.3) is 0 Å². The Hall–Kier alpha value is -1.85. The number of likely N-dealkylation sites (tertiary alicyclic amines) is 2. The van der Waals surface area contributed by atoms with Crippen LogP contribution in [0.1, 0.15) is 69.2 Å². The minimum Gasteiger partial charge on any atom is -0.343 e. The van der Waals surface area contributed by atoms with Gasteiger partial charge in [0.05, 0.1) is 5.69 Å². The van der Waals surface area contributed by atoms with E-state index in [0.29, 0.717) is 24.8 Å². The summed E-state index contributed by atoms with van der Waals surface area (Å²) in [5.74, 6) is 0.953. The number of hydrogen-bond acceptors (Lipinski definition) is 3. The molecule has 0 aromatic carbocycles. The van der Waals surface area contributed by atoms with Crippen LogP contribution in [0.3, 0.4) is 0 Å². The van der Waals surface area contributed by atoms with Gasteiger partial charge in [-0.15, -0.1) is 0 Å². The van der Waals surface area contributed by atoms with E-state index in [1.54, 1.807) is 0 Å². The van der Waals surface area contributed by atoms with Gasteiger partial charge < -0.3 is 9.80 Å². The molecule has 4 rings (SSSR count). The van der Waals surface area contributed by atoms with E-state index in [9.17, 15) is 9.59 Å². The zero-order valence-electron chi connectivity index (χ0n) is 18.2. The van der Waals surface area contributed by atoms with Crippen molar-refractivity contribution in [1.29, 1.82) is 0 Å². The van der Waals surface area contributed by atoms with Gasteiger partial charge in [-0.1, -0.05) is 19.3 Å². The highest BCUT2D eigenvalue weighted by molar-refractivity contribution is 5.77. The first kappa shape index (κ1) is 20.4. The van der Waals surface area contributed by atoms with Crippen LogP contribution in [0.4, 0.5) is 0 Å². The SMILES string of the molecule is Cc1cc(C)n(CC(=O)N2CC(CCC(=O)N3CCCC3)C3(CCCCC3)C2)n1. The lowest BCUT2D eigenvalue weighted by Crippen LogP contribution is -2.36. The number of aromatic nitrogens is 2. The molecule has 160 valence electrons. The molecule has 29 heavy (non-hydrogen) atoms. The molecule has 0 N–H and O–H groups in total. The van der Waals surface area contributed by atoms with Gasteiger partial charge in [0, 0.05) is 38.3 Å². The molecule has 6 heteroatoms. The summed E-state index contributed by atoms with van der Waals surface area (Å²) in [4.78, 5) is 29.8. The average molecular weight is 401 g/mol. The number of carbonyl (C=O) groups is 2. The second kappa shape index (κ2) is 8.49. The molecule has 3 fully saturated rings. The second-order valence-electron chi connectivity index (χ2n) is 9.61. The number of hydrogen-bond donors (Lipinski definition) is 0. The van der Waals surface area contributed by atoms with E-state index in [-0.39, 0.29) is 11.3 Å². The third-order valence-corrected chi connectivity index (χ3v) is 7.57. The van der Waals surface area contributed by atoms with Crippen LogP contribution < -0.4 is 0 Å². The molecule has 3 heterocycles. The highest BCUT2D eigenvalue weighted by atomic mass is 16.2. The van der Waals surface area contributed by atoms with Crippen LogP contribution in [0.15, 0.2) is 6.07 Å². The van der Waals surface area contributed by atoms with E-state index in [1.807, 2.05) is 29.5 Å². The van der Waals surface area contributed by atoms with Crippen molar-refractivity contribution in [2.24, 2.45) is 11.3 Å². The molecule has 2 saturated heterocycles. The second-order valence-corrected chi connectivity index (χ2v) is 9.61. The van der Waals surface area contributed by atoms with Crippen molar-refractivity contribution < 1.29 is 9.59 Å². The number of nitrogens with zero attached hydrogens (tertiary/aromatic N) is 4. The smallest absolute Gasteiger partial charge is 0.244 e. The molecule has 2 amide bonds. The minimum absolute atomic E-state index is 0.175. The summed E-state index contributed by atoms with van der Waals surface area (Å²) in [6.07, 6.45) is 10.1. The molecule has 0 radical (unpaired) electrons. The first-order valence-corrected chi connectivity index (χ1v) is 11.5. The number of rotatable bonds is 5. The Bertz CT molecular complexity index is 744. The molecule has 1 unspecified atom stereocenters. The summed E-state index contributed by atoms with van der Waals surface area (Å²) in [6, 6.07) is 2.02. The monoisotopic (exact) mass is 400 g/mol. The van der Waals surface area contributed by atoms with Gasteiger partial charge in [0.25, 0.3) is 0 Å². The van der Waals surface area contributed by atoms with Crippen LogP contribution >= 0.6 is 0 Å². The zero-order valence-corrected chi connectivity index (χ0v) is 18.2. The fourth-order valence-corrected chi connectivity index (χ4v) is 5.93. The van der Waals surface area contributed by atoms with Crippen molar-refractivity contribution in [3.05, 3.63) is 17.5 Å². The van der Waals surface area contributed by atoms with E-state index in [0.717, 1.165) is 56.8 Å². The molecule has 1 aliphatic carbocycles. The fourth-order valence-electron chi connectivity index (χ4n) is 5.93. The standard InChI is InChI=1S/C23H36N4O2/c1-18-14-19(2)27(24-18)16-22(29)26-15-20(23(17-26)10-4-3-5-11-23)8-9-21(28)25-12-6-7-13-25/h14,20H,3-13,15-17H2,1-2H3. The van der Waals surface area contributed by atoms with Gasteiger partial charge in [0.2, 0.25) is 11.8 Å². The summed E-state index contributed by atoms with van der Waals surface area (Å²) >= 11 is 0. The van der Waals surface area contributed by atoms with Crippen molar-refractivity contribution in [2.45, 2.75) is 78.2 Å². The maximum Gasteiger partial charge on any atom is 0.244 e. The first-order chi connectivity index (χ1) is 14.0. The summed E-state index contributed by atoms with van der Waals surface area (Å²) in [6.45, 7) is 7.85. The molecule has 1 atom stereocenters. The zero-order chi connectivity index (χ0) is 20.4. The molecule has 0 bridgehead atoms. The van der Waals surface area contributed by atoms with Crippen LogP contribution in [0, 0.1) is 25.2 Å². The number of carbonyl (C=O) groups excluding carboxylic acids is 2. The molecular formula is C23H36N4O2. The average Bonchev–Trinajstić information content (AvgIpc) is 3.41. The molecule has 6 nitrogen and oxygen atoms in total. The van der Waals surface area contributed by atoms with Gasteiger partial charge in [-0.3, -0.25) is 14.3 Å². The van der Waals surface area contributed by atoms with E-state index < -0.39 is 0 Å². The lowest BCUT2D eigenvalue weighted by atomic mass is 9.66. The lowest BCUT2D eigenvalue weighted by molar-refractivity contribution is -0.131. The lowest BCUT2D eigenvalue weighted by Gasteiger charge is -2.38. The summed E-state index contributed by atoms with van der Waals surface area (Å²) in [5.41, 5.74) is 2.22. The minimum atomic E-state index is 0.175. The Kier molecular flexibility index (Phi) is 5.98. The van der Waals surface area contributed by atoms with E-state index >= 15 is 0 Å². The molecule has 1 aromatic rings. The Labute approximate surface area is 174 Å². The highest BCUT2D eigenvalue weighted by Gasteiger charge is 2.47. The predicted octanol–water partition coefficient (Wildman–Crippen LogP) is 3.31. The third-order valence-electron chi connectivity index (χ3n) is 7.57. The van der Waals surface area contributed by atoms with Gasteiger partial charge in [-0.05, 0) is 63.4 Å².